The molecule has 3 aromatic carbocycles. The van der Waals surface area contributed by atoms with E-state index in [-0.39, 0.29) is 5.92 Å². The lowest BCUT2D eigenvalue weighted by atomic mass is 9.83. The van der Waals surface area contributed by atoms with Gasteiger partial charge in [-0.1, -0.05) is 19.9 Å². The molecule has 0 fully saturated rings. The van der Waals surface area contributed by atoms with Gasteiger partial charge >= 0.3 is 5.97 Å². The van der Waals surface area contributed by atoms with E-state index in [4.69, 9.17) is 4.74 Å². The van der Waals surface area contributed by atoms with E-state index in [9.17, 15) is 9.90 Å². The van der Waals surface area contributed by atoms with Crippen LogP contribution in [0.4, 0.5) is 0 Å². The van der Waals surface area contributed by atoms with Gasteiger partial charge in [0.1, 0.15) is 31.1 Å². The van der Waals surface area contributed by atoms with Crippen LogP contribution >= 0.6 is 0 Å². The number of hydrogen-bond acceptors (Lipinski definition) is 2. The van der Waals surface area contributed by atoms with Crippen molar-refractivity contribution in [3.05, 3.63) is 98.2 Å². The minimum absolute atomic E-state index is 0.285. The van der Waals surface area contributed by atoms with E-state index in [1.807, 2.05) is 12.1 Å². The third-order valence-electron chi connectivity index (χ3n) is 9.95. The maximum absolute atomic E-state index is 12.8. The Balaban J connectivity index is 1.57. The van der Waals surface area contributed by atoms with Crippen LogP contribution in [0.5, 0.6) is 11.5 Å². The summed E-state index contributed by atoms with van der Waals surface area (Å²) in [5.74, 6) is 1.21. The van der Waals surface area contributed by atoms with Gasteiger partial charge in [0, 0.05) is 52.8 Å². The number of pyridine rings is 1. The highest BCUT2D eigenvalue weighted by molar-refractivity contribution is 6.02. The average molecular weight is 559 g/mol. The van der Waals surface area contributed by atoms with Gasteiger partial charge in [0.2, 0.25) is 10.9 Å². The summed E-state index contributed by atoms with van der Waals surface area (Å²) in [5, 5.41) is 14.1. The summed E-state index contributed by atoms with van der Waals surface area (Å²) < 4.78 is 12.1. The average Bonchev–Trinajstić information content (AvgIpc) is 3.34. The highest BCUT2D eigenvalue weighted by Gasteiger charge is 2.34. The lowest BCUT2D eigenvalue weighted by Crippen LogP contribution is -2.41. The largest absolute Gasteiger partial charge is 0.478 e. The Hall–Kier alpha value is -3.99. The smallest absolute Gasteiger partial charge is 0.336 e. The van der Waals surface area contributed by atoms with Crippen molar-refractivity contribution < 1.29 is 19.2 Å². The van der Waals surface area contributed by atoms with Crippen LogP contribution in [0.2, 0.25) is 0 Å². The molecule has 0 spiro atoms. The Labute approximate surface area is 246 Å². The van der Waals surface area contributed by atoms with Crippen molar-refractivity contribution in [3.8, 4) is 11.5 Å². The molecule has 0 amide bonds. The van der Waals surface area contributed by atoms with Gasteiger partial charge in [-0.3, -0.25) is 0 Å². The number of nitrogens with zero attached hydrogens (tertiary/aromatic N) is 2. The number of benzene rings is 3. The van der Waals surface area contributed by atoms with E-state index in [2.05, 4.69) is 59.5 Å². The summed E-state index contributed by atoms with van der Waals surface area (Å²) in [7, 11) is 0. The van der Waals surface area contributed by atoms with Crippen molar-refractivity contribution in [3.63, 3.8) is 0 Å². The van der Waals surface area contributed by atoms with Crippen LogP contribution in [0.25, 0.3) is 16.5 Å². The fraction of sp³-hybridized carbons (Fsp3) is 0.378. The molecule has 212 valence electrons. The summed E-state index contributed by atoms with van der Waals surface area (Å²) in [6.45, 7) is 7.54. The quantitative estimate of drug-likeness (QED) is 0.301. The predicted octanol–water partition coefficient (Wildman–Crippen LogP) is 5.41. The molecule has 4 aliphatic heterocycles. The van der Waals surface area contributed by atoms with E-state index in [0.29, 0.717) is 5.56 Å². The van der Waals surface area contributed by atoms with E-state index >= 15 is 0 Å². The standard InChI is InChI=1S/C37H37N2O3/c1-22(2)23-13-14-26(37(40)41)29(19-23)32-30-20-24-9-3-5-15-38-17-7-11-27(33(24)38)35(30)42-36-28-12-8-18-39-16-6-4-10-25(34(28)39)21-31(32)36/h7,11,13-14,17,19-22H,3-6,8-10,12,15-16,18H2,1-2H3/q+1/p+1. The molecule has 8 rings (SSSR count). The predicted molar refractivity (Wildman–Crippen MR) is 164 cm³/mol. The third kappa shape index (κ3) is 3.85. The third-order valence-corrected chi connectivity index (χ3v) is 9.95. The highest BCUT2D eigenvalue weighted by Crippen LogP contribution is 2.44. The number of rotatable bonds is 3. The van der Waals surface area contributed by atoms with Crippen molar-refractivity contribution in [2.45, 2.75) is 77.7 Å². The number of aromatic carboxylic acids is 1. The maximum atomic E-state index is 12.8. The Kier molecular flexibility index (Phi) is 5.99. The first-order chi connectivity index (χ1) is 20.5. The van der Waals surface area contributed by atoms with Crippen LogP contribution in [0.3, 0.4) is 0 Å². The van der Waals surface area contributed by atoms with Crippen LogP contribution < -0.4 is 24.5 Å². The van der Waals surface area contributed by atoms with Gasteiger partial charge in [0.15, 0.2) is 6.20 Å². The van der Waals surface area contributed by atoms with Gasteiger partial charge in [-0.05, 0) is 79.5 Å². The van der Waals surface area contributed by atoms with Crippen LogP contribution in [0.1, 0.15) is 95.6 Å². The van der Waals surface area contributed by atoms with E-state index in [1.165, 1.54) is 40.4 Å². The molecular weight excluding hydrogens is 520 g/mol. The number of fused-ring (bicyclic) bond motifs is 4. The zero-order valence-electron chi connectivity index (χ0n) is 24.6. The molecule has 5 heterocycles. The maximum Gasteiger partial charge on any atom is 0.336 e. The molecule has 0 aliphatic carbocycles. The van der Waals surface area contributed by atoms with Gasteiger partial charge in [0.05, 0.1) is 16.5 Å². The second-order valence-electron chi connectivity index (χ2n) is 12.9. The second-order valence-corrected chi connectivity index (χ2v) is 12.9. The van der Waals surface area contributed by atoms with Gasteiger partial charge in [-0.25, -0.2) is 9.37 Å². The molecule has 4 aliphatic rings. The Morgan fingerprint density at radius 2 is 1.67 bits per heavy atom. The number of carboxylic acid groups (broad SMARTS) is 1. The number of carbonyl (C=O) groups is 1. The normalized spacial score (nSPS) is 17.2. The Morgan fingerprint density at radius 3 is 2.50 bits per heavy atom. The monoisotopic (exact) mass is 558 g/mol. The van der Waals surface area contributed by atoms with Crippen molar-refractivity contribution in [2.75, 3.05) is 13.1 Å². The van der Waals surface area contributed by atoms with Gasteiger partial charge in [-0.15, -0.1) is 0 Å². The summed E-state index contributed by atoms with van der Waals surface area (Å²) in [6, 6.07) is 15.0. The fourth-order valence-electron chi connectivity index (χ4n) is 7.96. The zero-order chi connectivity index (χ0) is 28.5. The number of carboxylic acids is 1. The van der Waals surface area contributed by atoms with Crippen molar-refractivity contribution in [1.29, 1.82) is 0 Å². The number of aromatic nitrogens is 1. The molecule has 1 aromatic heterocycles. The molecule has 0 saturated heterocycles. The lowest BCUT2D eigenvalue weighted by Gasteiger charge is -2.27. The summed E-state index contributed by atoms with van der Waals surface area (Å²) in [4.78, 5) is 12.8. The molecule has 5 nitrogen and oxygen atoms in total. The first-order valence-corrected chi connectivity index (χ1v) is 15.8. The van der Waals surface area contributed by atoms with Crippen LogP contribution in [0, 0.1) is 0 Å². The van der Waals surface area contributed by atoms with E-state index in [0.717, 1.165) is 103 Å². The Bertz CT molecular complexity index is 1950. The molecule has 0 unspecified atom stereocenters. The van der Waals surface area contributed by atoms with Crippen LogP contribution in [0.15, 0.2) is 48.7 Å². The van der Waals surface area contributed by atoms with Gasteiger partial charge in [-0.2, -0.15) is 4.57 Å². The lowest BCUT2D eigenvalue weighted by molar-refractivity contribution is -0.671. The zero-order valence-corrected chi connectivity index (χ0v) is 24.6. The highest BCUT2D eigenvalue weighted by atomic mass is 16.5. The van der Waals surface area contributed by atoms with Crippen molar-refractivity contribution in [1.82, 2.24) is 4.58 Å². The number of hydrogen-bond donors (Lipinski definition) is 1. The molecule has 0 bridgehead atoms. The van der Waals surface area contributed by atoms with Gasteiger partial charge in [0.25, 0.3) is 0 Å². The van der Waals surface area contributed by atoms with Gasteiger partial charge < -0.3 is 9.84 Å². The summed E-state index contributed by atoms with van der Waals surface area (Å²) in [5.41, 5.74) is 9.63. The molecular formula is C37H38N2O3+2. The first kappa shape index (κ1) is 25.7. The minimum atomic E-state index is -0.888. The van der Waals surface area contributed by atoms with Crippen molar-refractivity contribution >= 4 is 22.4 Å². The van der Waals surface area contributed by atoms with E-state index < -0.39 is 5.97 Å². The molecule has 0 radical (unpaired) electrons. The van der Waals surface area contributed by atoms with Crippen LogP contribution in [-0.4, -0.2) is 24.2 Å². The summed E-state index contributed by atoms with van der Waals surface area (Å²) >= 11 is 0. The SMILES string of the molecule is CC(C)c1ccc(C(=O)O)c(C2=c3cc4c5c(c3Oc3c2cc2c6c3ccc[n+]6CCCC2)CCC[N+]=5CCCC4)c1. The fourth-order valence-corrected chi connectivity index (χ4v) is 7.96. The summed E-state index contributed by atoms with van der Waals surface area (Å²) in [6.07, 6.45) is 11.0. The molecule has 0 atom stereocenters. The minimum Gasteiger partial charge on any atom is -0.478 e. The Morgan fingerprint density at radius 1 is 0.857 bits per heavy atom. The topological polar surface area (TPSA) is 53.4 Å². The van der Waals surface area contributed by atoms with Crippen LogP contribution in [-0.2, 0) is 25.8 Å². The second kappa shape index (κ2) is 9.79. The molecule has 1 N–H and O–H groups in total. The molecule has 0 saturated carbocycles. The number of ether oxygens (including phenoxy) is 1. The van der Waals surface area contributed by atoms with E-state index in [1.54, 1.807) is 0 Å². The van der Waals surface area contributed by atoms with Crippen molar-refractivity contribution in [2.24, 2.45) is 0 Å². The molecule has 4 aromatic rings. The first-order valence-electron chi connectivity index (χ1n) is 15.8. The molecule has 42 heavy (non-hydrogen) atoms. The molecule has 5 heteroatoms. The number of aryl methyl sites for hydroxylation is 3.